The molecule has 6 heteroatoms. The van der Waals surface area contributed by atoms with Gasteiger partial charge in [0, 0.05) is 15.5 Å². The highest BCUT2D eigenvalue weighted by atomic mass is 35.5. The van der Waals surface area contributed by atoms with Gasteiger partial charge in [0.1, 0.15) is 0 Å². The molecule has 1 amide bonds. The van der Waals surface area contributed by atoms with E-state index < -0.39 is 17.3 Å². The number of amides is 1. The predicted octanol–water partition coefficient (Wildman–Crippen LogP) is 3.27. The lowest BCUT2D eigenvalue weighted by molar-refractivity contribution is -0.136. The van der Waals surface area contributed by atoms with E-state index in [9.17, 15) is 14.7 Å². The van der Waals surface area contributed by atoms with Crippen molar-refractivity contribution in [1.29, 1.82) is 0 Å². The first-order chi connectivity index (χ1) is 10.1. The molecule has 0 fully saturated rings. The zero-order valence-corrected chi connectivity index (χ0v) is 12.4. The van der Waals surface area contributed by atoms with Gasteiger partial charge < -0.3 is 10.4 Å². The van der Waals surface area contributed by atoms with Crippen LogP contribution in [0.25, 0.3) is 0 Å². The van der Waals surface area contributed by atoms with Gasteiger partial charge in [0.2, 0.25) is 0 Å². The molecule has 0 radical (unpaired) electrons. The molecule has 1 atom stereocenters. The third-order valence-corrected chi connectivity index (χ3v) is 3.94. The van der Waals surface area contributed by atoms with Crippen molar-refractivity contribution in [2.24, 2.45) is 0 Å². The van der Waals surface area contributed by atoms with Crippen LogP contribution in [0.1, 0.15) is 10.4 Å². The lowest BCUT2D eigenvalue weighted by Crippen LogP contribution is -2.38. The maximum absolute atomic E-state index is 12.0. The molecule has 0 unspecified atom stereocenters. The van der Waals surface area contributed by atoms with Gasteiger partial charge in [0.25, 0.3) is 5.91 Å². The van der Waals surface area contributed by atoms with Crippen molar-refractivity contribution in [2.75, 3.05) is 0 Å². The van der Waals surface area contributed by atoms with Crippen LogP contribution < -0.4 is 5.32 Å². The first-order valence-electron chi connectivity index (χ1n) is 6.07. The van der Waals surface area contributed by atoms with Crippen molar-refractivity contribution in [3.05, 3.63) is 65.2 Å². The Hall–Kier alpha value is -1.98. The molecule has 0 aromatic heterocycles. The summed E-state index contributed by atoms with van der Waals surface area (Å²) in [4.78, 5) is 24.0. The van der Waals surface area contributed by atoms with E-state index in [1.165, 1.54) is 0 Å². The molecule has 0 saturated carbocycles. The number of halogens is 1. The Morgan fingerprint density at radius 3 is 2.24 bits per heavy atom. The molecule has 0 spiro atoms. The van der Waals surface area contributed by atoms with E-state index >= 15 is 0 Å². The highest BCUT2D eigenvalue weighted by Gasteiger charge is 2.21. The molecule has 108 valence electrons. The Morgan fingerprint density at radius 2 is 1.67 bits per heavy atom. The molecule has 0 aliphatic heterocycles. The predicted molar refractivity (Wildman–Crippen MR) is 82.6 cm³/mol. The van der Waals surface area contributed by atoms with Crippen molar-refractivity contribution in [3.8, 4) is 0 Å². The summed E-state index contributed by atoms with van der Waals surface area (Å²) >= 11 is 6.82. The lowest BCUT2D eigenvalue weighted by atomic mass is 10.2. The average Bonchev–Trinajstić information content (AvgIpc) is 2.49. The van der Waals surface area contributed by atoms with Gasteiger partial charge in [-0.2, -0.15) is 0 Å². The minimum atomic E-state index is -1.11. The van der Waals surface area contributed by atoms with E-state index in [0.29, 0.717) is 15.5 Å². The second-order valence-corrected chi connectivity index (χ2v) is 5.74. The summed E-state index contributed by atoms with van der Waals surface area (Å²) < 4.78 is 0. The molecule has 0 heterocycles. The number of aliphatic carboxylic acids is 1. The monoisotopic (exact) mass is 321 g/mol. The number of hydrogen-bond donors (Lipinski definition) is 2. The van der Waals surface area contributed by atoms with Crippen molar-refractivity contribution >= 4 is 35.2 Å². The fourth-order valence-corrected chi connectivity index (χ4v) is 2.54. The van der Waals surface area contributed by atoms with Crippen molar-refractivity contribution in [1.82, 2.24) is 5.32 Å². The van der Waals surface area contributed by atoms with E-state index in [-0.39, 0.29) is 0 Å². The van der Waals surface area contributed by atoms with Crippen LogP contribution in [0.15, 0.2) is 59.5 Å². The number of carbonyl (C=O) groups is 2. The van der Waals surface area contributed by atoms with Crippen molar-refractivity contribution in [3.63, 3.8) is 0 Å². The molecule has 2 aromatic carbocycles. The summed E-state index contributed by atoms with van der Waals surface area (Å²) in [5.41, 5.74) is 0.417. The van der Waals surface area contributed by atoms with Gasteiger partial charge >= 0.3 is 5.97 Å². The standard InChI is InChI=1S/C15H12ClNO3S/c16-11-6-8-12(9-7-11)21-14(15(19)20)17-13(18)10-4-2-1-3-5-10/h1-9,14H,(H,17,18)(H,19,20)/t14-/m1/s1. The third-order valence-electron chi connectivity index (χ3n) is 2.59. The third kappa shape index (κ3) is 4.51. The Labute approximate surface area is 131 Å². The minimum absolute atomic E-state index is 0.417. The molecule has 2 rings (SSSR count). The Bertz CT molecular complexity index is 631. The Kier molecular flexibility index (Phi) is 5.25. The van der Waals surface area contributed by atoms with Crippen molar-refractivity contribution < 1.29 is 14.7 Å². The SMILES string of the molecule is O=C(N[C@H](Sc1ccc(Cl)cc1)C(=O)O)c1ccccc1. The van der Waals surface area contributed by atoms with Crippen LogP contribution >= 0.6 is 23.4 Å². The largest absolute Gasteiger partial charge is 0.479 e. The normalized spacial score (nSPS) is 11.7. The van der Waals surface area contributed by atoms with Crippen LogP contribution in [0.3, 0.4) is 0 Å². The number of carbonyl (C=O) groups excluding carboxylic acids is 1. The second kappa shape index (κ2) is 7.15. The fourth-order valence-electron chi connectivity index (χ4n) is 1.58. The van der Waals surface area contributed by atoms with Crippen LogP contribution in [-0.2, 0) is 4.79 Å². The number of carboxylic acid groups (broad SMARTS) is 1. The van der Waals surface area contributed by atoms with Gasteiger partial charge in [-0.25, -0.2) is 4.79 Å². The molecule has 0 saturated heterocycles. The summed E-state index contributed by atoms with van der Waals surface area (Å²) in [5, 5.41) is 11.2. The average molecular weight is 322 g/mol. The minimum Gasteiger partial charge on any atom is -0.479 e. The van der Waals surface area contributed by atoms with E-state index in [1.807, 2.05) is 0 Å². The van der Waals surface area contributed by atoms with Crippen LogP contribution in [0.4, 0.5) is 0 Å². The first-order valence-corrected chi connectivity index (χ1v) is 7.33. The Balaban J connectivity index is 2.07. The number of carboxylic acids is 1. The van der Waals surface area contributed by atoms with Gasteiger partial charge in [-0.3, -0.25) is 4.79 Å². The number of thioether (sulfide) groups is 1. The van der Waals surface area contributed by atoms with E-state index in [2.05, 4.69) is 5.32 Å². The molecule has 2 N–H and O–H groups in total. The Morgan fingerprint density at radius 1 is 1.05 bits per heavy atom. The zero-order valence-electron chi connectivity index (χ0n) is 10.8. The molecular weight excluding hydrogens is 310 g/mol. The summed E-state index contributed by atoms with van der Waals surface area (Å²) in [7, 11) is 0. The van der Waals surface area contributed by atoms with Crippen LogP contribution in [-0.4, -0.2) is 22.4 Å². The van der Waals surface area contributed by atoms with Crippen molar-refractivity contribution in [2.45, 2.75) is 10.3 Å². The van der Waals surface area contributed by atoms with Crippen LogP contribution in [0, 0.1) is 0 Å². The molecular formula is C15H12ClNO3S. The molecule has 0 bridgehead atoms. The number of rotatable bonds is 5. The van der Waals surface area contributed by atoms with E-state index in [1.54, 1.807) is 54.6 Å². The van der Waals surface area contributed by atoms with Gasteiger partial charge in [0.15, 0.2) is 5.37 Å². The lowest BCUT2D eigenvalue weighted by Gasteiger charge is -2.14. The highest BCUT2D eigenvalue weighted by Crippen LogP contribution is 2.24. The summed E-state index contributed by atoms with van der Waals surface area (Å²) in [5.74, 6) is -1.54. The van der Waals surface area contributed by atoms with E-state index in [4.69, 9.17) is 11.6 Å². The second-order valence-electron chi connectivity index (χ2n) is 4.13. The maximum Gasteiger partial charge on any atom is 0.337 e. The summed E-state index contributed by atoms with van der Waals surface area (Å²) in [6.07, 6.45) is 0. The molecule has 4 nitrogen and oxygen atoms in total. The molecule has 0 aliphatic rings. The summed E-state index contributed by atoms with van der Waals surface area (Å²) in [6.45, 7) is 0. The van der Waals surface area contributed by atoms with E-state index in [0.717, 1.165) is 11.8 Å². The fraction of sp³-hybridized carbons (Fsp3) is 0.0667. The number of nitrogens with one attached hydrogen (secondary N) is 1. The topological polar surface area (TPSA) is 66.4 Å². The number of benzene rings is 2. The van der Waals surface area contributed by atoms with Crippen LogP contribution in [0.2, 0.25) is 5.02 Å². The molecule has 0 aliphatic carbocycles. The van der Waals surface area contributed by atoms with Gasteiger partial charge in [-0.15, -0.1) is 0 Å². The van der Waals surface area contributed by atoms with Gasteiger partial charge in [-0.05, 0) is 36.4 Å². The smallest absolute Gasteiger partial charge is 0.337 e. The molecule has 21 heavy (non-hydrogen) atoms. The summed E-state index contributed by atoms with van der Waals surface area (Å²) in [6, 6.07) is 15.2. The first kappa shape index (κ1) is 15.4. The van der Waals surface area contributed by atoms with Gasteiger partial charge in [0.05, 0.1) is 0 Å². The molecule has 2 aromatic rings. The highest BCUT2D eigenvalue weighted by molar-refractivity contribution is 8.00. The maximum atomic E-state index is 12.0. The zero-order chi connectivity index (χ0) is 15.2. The number of hydrogen-bond acceptors (Lipinski definition) is 3. The quantitative estimate of drug-likeness (QED) is 0.655. The van der Waals surface area contributed by atoms with Gasteiger partial charge in [-0.1, -0.05) is 41.6 Å². The van der Waals surface area contributed by atoms with Crippen LogP contribution in [0.5, 0.6) is 0 Å².